The van der Waals surface area contributed by atoms with Crippen LogP contribution in [-0.4, -0.2) is 73.7 Å². The fraction of sp³-hybridized carbons (Fsp3) is 0.600. The number of phenolic OH excluding ortho intramolecular Hbond substituents is 1. The molecule has 1 aromatic heterocycles. The Balaban J connectivity index is 1.36. The number of aliphatic hydroxyl groups is 1. The summed E-state index contributed by atoms with van der Waals surface area (Å²) in [4.78, 5) is 24.6. The maximum Gasteiger partial charge on any atom is 0.228 e. The molecule has 1 amide bonds. The Morgan fingerprint density at radius 1 is 1.19 bits per heavy atom. The Kier molecular flexibility index (Phi) is 4.63. The van der Waals surface area contributed by atoms with Crippen LogP contribution in [-0.2, 0) is 23.1 Å². The van der Waals surface area contributed by atoms with E-state index in [0.717, 1.165) is 49.5 Å². The Morgan fingerprint density at radius 3 is 2.78 bits per heavy atom. The molecule has 0 radical (unpaired) electrons. The maximum absolute atomic E-state index is 13.1. The van der Waals surface area contributed by atoms with E-state index < -0.39 is 11.0 Å². The van der Waals surface area contributed by atoms with Crippen molar-refractivity contribution >= 4 is 5.91 Å². The fourth-order valence-corrected chi connectivity index (χ4v) is 6.77. The van der Waals surface area contributed by atoms with Crippen molar-refractivity contribution in [1.82, 2.24) is 19.8 Å². The van der Waals surface area contributed by atoms with Gasteiger partial charge in [0.15, 0.2) is 0 Å². The van der Waals surface area contributed by atoms with Gasteiger partial charge in [0, 0.05) is 43.0 Å². The first-order chi connectivity index (χ1) is 15.5. The summed E-state index contributed by atoms with van der Waals surface area (Å²) in [7, 11) is 0. The summed E-state index contributed by atoms with van der Waals surface area (Å²) >= 11 is 0. The summed E-state index contributed by atoms with van der Waals surface area (Å²) in [6.45, 7) is 3.23. The first-order valence-corrected chi connectivity index (χ1v) is 12.0. The van der Waals surface area contributed by atoms with Crippen molar-refractivity contribution < 1.29 is 15.0 Å². The molecule has 6 rings (SSSR count). The average Bonchev–Trinajstić information content (AvgIpc) is 3.48. The number of imidazole rings is 1. The molecule has 7 nitrogen and oxygen atoms in total. The van der Waals surface area contributed by atoms with Crippen LogP contribution < -0.4 is 0 Å². The SMILES string of the molecule is O=C(Cc1cnc[nH]1)N1CCC23CCN(CC4CC4)C(Cc4ccc(O)cc42)C3(O)CC1. The van der Waals surface area contributed by atoms with Gasteiger partial charge in [0.25, 0.3) is 0 Å². The molecule has 3 heterocycles. The molecule has 170 valence electrons. The lowest BCUT2D eigenvalue weighted by Crippen LogP contribution is -2.71. The van der Waals surface area contributed by atoms with Crippen LogP contribution in [0.3, 0.4) is 0 Å². The number of hydrogen-bond acceptors (Lipinski definition) is 5. The van der Waals surface area contributed by atoms with Crippen LogP contribution in [0.4, 0.5) is 0 Å². The summed E-state index contributed by atoms with van der Waals surface area (Å²) in [6, 6.07) is 5.77. The van der Waals surface area contributed by atoms with Crippen molar-refractivity contribution in [2.24, 2.45) is 5.92 Å². The van der Waals surface area contributed by atoms with Crippen LogP contribution in [0.15, 0.2) is 30.7 Å². The molecule has 1 saturated carbocycles. The number of H-pyrrole nitrogens is 1. The first kappa shape index (κ1) is 20.2. The van der Waals surface area contributed by atoms with Crippen molar-refractivity contribution in [3.63, 3.8) is 0 Å². The number of aromatic amines is 1. The van der Waals surface area contributed by atoms with Crippen molar-refractivity contribution in [2.75, 3.05) is 26.2 Å². The quantitative estimate of drug-likeness (QED) is 0.682. The number of carbonyl (C=O) groups is 1. The number of nitrogens with zero attached hydrogens (tertiary/aromatic N) is 3. The molecule has 7 heteroatoms. The van der Waals surface area contributed by atoms with E-state index in [4.69, 9.17) is 0 Å². The molecule has 3 atom stereocenters. The van der Waals surface area contributed by atoms with Gasteiger partial charge in [-0.25, -0.2) is 4.98 Å². The fourth-order valence-electron chi connectivity index (χ4n) is 6.77. The molecular formula is C25H32N4O3. The molecule has 4 aliphatic rings. The van der Waals surface area contributed by atoms with Crippen LogP contribution in [0.25, 0.3) is 0 Å². The van der Waals surface area contributed by atoms with Crippen LogP contribution >= 0.6 is 0 Å². The second-order valence-electron chi connectivity index (χ2n) is 10.4. The third-order valence-electron chi connectivity index (χ3n) is 8.68. The van der Waals surface area contributed by atoms with E-state index in [0.29, 0.717) is 25.9 Å². The highest BCUT2D eigenvalue weighted by Crippen LogP contribution is 2.56. The van der Waals surface area contributed by atoms with Crippen molar-refractivity contribution in [3.8, 4) is 5.75 Å². The number of phenols is 1. The lowest BCUT2D eigenvalue weighted by molar-refractivity contribution is -0.149. The Hall–Kier alpha value is -2.38. The number of aromatic nitrogens is 2. The number of rotatable bonds is 4. The van der Waals surface area contributed by atoms with Crippen LogP contribution in [0.5, 0.6) is 5.75 Å². The molecule has 2 aromatic rings. The topological polar surface area (TPSA) is 92.7 Å². The van der Waals surface area contributed by atoms with Gasteiger partial charge >= 0.3 is 0 Å². The molecule has 3 unspecified atom stereocenters. The molecule has 0 spiro atoms. The molecule has 3 N–H and O–H groups in total. The number of carbonyl (C=O) groups excluding carboxylic acids is 1. The van der Waals surface area contributed by atoms with Crippen LogP contribution in [0.2, 0.25) is 0 Å². The number of fused-ring (bicyclic) bond motifs is 1. The Labute approximate surface area is 188 Å². The largest absolute Gasteiger partial charge is 0.508 e. The summed E-state index contributed by atoms with van der Waals surface area (Å²) < 4.78 is 0. The smallest absolute Gasteiger partial charge is 0.228 e. The van der Waals surface area contributed by atoms with Gasteiger partial charge in [0.1, 0.15) is 5.75 Å². The van der Waals surface area contributed by atoms with Gasteiger partial charge in [-0.3, -0.25) is 9.69 Å². The van der Waals surface area contributed by atoms with E-state index in [2.05, 4.69) is 14.9 Å². The summed E-state index contributed by atoms with van der Waals surface area (Å²) in [5, 5.41) is 22.8. The van der Waals surface area contributed by atoms with E-state index in [1.54, 1.807) is 18.6 Å². The standard InChI is InChI=1S/C25H32N4O3/c30-20-4-3-18-11-22-25(32)7-10-28(23(31)12-19-14-26-16-27-19)8-5-24(25,21(18)13-20)6-9-29(22)15-17-1-2-17/h3-4,13-14,16-17,22,30,32H,1-2,5-12,15H2,(H,26,27). The summed E-state index contributed by atoms with van der Waals surface area (Å²) in [5.41, 5.74) is 1.84. The van der Waals surface area contributed by atoms with Crippen molar-refractivity contribution in [1.29, 1.82) is 0 Å². The van der Waals surface area contributed by atoms with Gasteiger partial charge < -0.3 is 20.1 Å². The van der Waals surface area contributed by atoms with Crippen molar-refractivity contribution in [2.45, 2.75) is 62.0 Å². The van der Waals surface area contributed by atoms with Gasteiger partial charge in [0.2, 0.25) is 5.91 Å². The summed E-state index contributed by atoms with van der Waals surface area (Å²) in [5.74, 6) is 1.11. The zero-order chi connectivity index (χ0) is 21.9. The summed E-state index contributed by atoms with van der Waals surface area (Å²) in [6.07, 6.45) is 9.17. The number of piperidine rings is 1. The van der Waals surface area contributed by atoms with Gasteiger partial charge in [-0.2, -0.15) is 0 Å². The Morgan fingerprint density at radius 2 is 2.00 bits per heavy atom. The number of benzene rings is 1. The van der Waals surface area contributed by atoms with Gasteiger partial charge in [-0.1, -0.05) is 6.07 Å². The van der Waals surface area contributed by atoms with E-state index in [1.807, 2.05) is 17.0 Å². The zero-order valence-corrected chi connectivity index (χ0v) is 18.5. The highest BCUT2D eigenvalue weighted by molar-refractivity contribution is 5.78. The lowest BCUT2D eigenvalue weighted by Gasteiger charge is -2.61. The monoisotopic (exact) mass is 436 g/mol. The van der Waals surface area contributed by atoms with Crippen LogP contribution in [0.1, 0.15) is 48.9 Å². The average molecular weight is 437 g/mol. The molecular weight excluding hydrogens is 404 g/mol. The highest BCUT2D eigenvalue weighted by atomic mass is 16.3. The van der Waals surface area contributed by atoms with Gasteiger partial charge in [0.05, 0.1) is 18.3 Å². The third-order valence-corrected chi connectivity index (χ3v) is 8.68. The predicted molar refractivity (Wildman–Crippen MR) is 119 cm³/mol. The van der Waals surface area contributed by atoms with Crippen LogP contribution in [0, 0.1) is 5.92 Å². The number of likely N-dealkylation sites (tertiary alicyclic amines) is 2. The second kappa shape index (κ2) is 7.32. The first-order valence-electron chi connectivity index (χ1n) is 12.0. The molecule has 1 aromatic carbocycles. The number of amides is 1. The molecule has 3 fully saturated rings. The molecule has 2 bridgehead atoms. The van der Waals surface area contributed by atoms with E-state index in [1.165, 1.54) is 18.4 Å². The predicted octanol–water partition coefficient (Wildman–Crippen LogP) is 1.99. The molecule has 2 aliphatic carbocycles. The minimum atomic E-state index is -0.899. The highest BCUT2D eigenvalue weighted by Gasteiger charge is 2.63. The number of nitrogens with one attached hydrogen (secondary N) is 1. The molecule has 32 heavy (non-hydrogen) atoms. The third kappa shape index (κ3) is 3.09. The normalized spacial score (nSPS) is 32.2. The number of aromatic hydroxyl groups is 1. The molecule has 2 saturated heterocycles. The maximum atomic E-state index is 13.1. The minimum Gasteiger partial charge on any atom is -0.508 e. The lowest BCUT2D eigenvalue weighted by atomic mass is 9.52. The van der Waals surface area contributed by atoms with Gasteiger partial charge in [-0.05, 0) is 74.2 Å². The van der Waals surface area contributed by atoms with E-state index in [-0.39, 0.29) is 17.7 Å². The zero-order valence-electron chi connectivity index (χ0n) is 18.5. The van der Waals surface area contributed by atoms with Gasteiger partial charge in [-0.15, -0.1) is 0 Å². The van der Waals surface area contributed by atoms with E-state index in [9.17, 15) is 15.0 Å². The minimum absolute atomic E-state index is 0.0663. The second-order valence-corrected chi connectivity index (χ2v) is 10.4. The molecule has 2 aliphatic heterocycles. The Bertz CT molecular complexity index is 1020. The van der Waals surface area contributed by atoms with E-state index >= 15 is 0 Å². The van der Waals surface area contributed by atoms with Crippen molar-refractivity contribution in [3.05, 3.63) is 47.5 Å². The number of hydrogen-bond donors (Lipinski definition) is 3.